The van der Waals surface area contributed by atoms with Crippen molar-refractivity contribution in [3.63, 3.8) is 0 Å². The average molecular weight is 338 g/mol. The van der Waals surface area contributed by atoms with Crippen molar-refractivity contribution in [3.05, 3.63) is 29.6 Å². The molecule has 0 aliphatic carbocycles. The molecule has 7 heteroatoms. The van der Waals surface area contributed by atoms with E-state index in [0.717, 1.165) is 11.8 Å². The van der Waals surface area contributed by atoms with Crippen molar-refractivity contribution in [1.29, 1.82) is 0 Å². The molecule has 0 saturated carbocycles. The van der Waals surface area contributed by atoms with Crippen LogP contribution in [-0.4, -0.2) is 36.3 Å². The fourth-order valence-corrected chi connectivity index (χ4v) is 5.65. The third kappa shape index (κ3) is 3.30. The molecular weight excluding hydrogens is 321 g/mol. The van der Waals surface area contributed by atoms with Gasteiger partial charge in [-0.05, 0) is 31.5 Å². The maximum Gasteiger partial charge on any atom is 0.243 e. The second kappa shape index (κ2) is 5.83. The maximum atomic E-state index is 13.4. The van der Waals surface area contributed by atoms with Crippen molar-refractivity contribution in [2.24, 2.45) is 0 Å². The van der Waals surface area contributed by atoms with Gasteiger partial charge in [0.2, 0.25) is 10.0 Å². The lowest BCUT2D eigenvalue weighted by Crippen LogP contribution is -2.46. The van der Waals surface area contributed by atoms with Crippen LogP contribution in [0.15, 0.2) is 23.1 Å². The predicted octanol–water partition coefficient (Wildman–Crippen LogP) is 3.08. The Morgan fingerprint density at radius 2 is 2.15 bits per heavy atom. The number of halogens is 2. The van der Waals surface area contributed by atoms with Gasteiger partial charge in [0.1, 0.15) is 5.82 Å². The number of rotatable bonds is 3. The Morgan fingerprint density at radius 3 is 2.75 bits per heavy atom. The highest BCUT2D eigenvalue weighted by Gasteiger charge is 2.35. The summed E-state index contributed by atoms with van der Waals surface area (Å²) in [7, 11) is -3.70. The molecule has 1 aliphatic heterocycles. The number of benzene rings is 1. The van der Waals surface area contributed by atoms with E-state index in [1.165, 1.54) is 16.4 Å². The van der Waals surface area contributed by atoms with Gasteiger partial charge in [0, 0.05) is 29.5 Å². The Hall–Kier alpha value is -0.300. The molecule has 1 saturated heterocycles. The lowest BCUT2D eigenvalue weighted by Gasteiger charge is -2.36. The van der Waals surface area contributed by atoms with Gasteiger partial charge in [-0.15, -0.1) is 11.6 Å². The first kappa shape index (κ1) is 16.1. The summed E-state index contributed by atoms with van der Waals surface area (Å²) in [6.45, 7) is 4.87. The van der Waals surface area contributed by atoms with Crippen molar-refractivity contribution < 1.29 is 12.8 Å². The van der Waals surface area contributed by atoms with E-state index < -0.39 is 15.8 Å². The highest BCUT2D eigenvalue weighted by molar-refractivity contribution is 8.00. The van der Waals surface area contributed by atoms with Crippen LogP contribution >= 0.6 is 23.4 Å². The summed E-state index contributed by atoms with van der Waals surface area (Å²) in [6, 6.07) is 3.72. The molecule has 3 nitrogen and oxygen atoms in total. The molecule has 20 heavy (non-hydrogen) atoms. The molecule has 0 amide bonds. The number of nitrogens with zero attached hydrogens (tertiary/aromatic N) is 1. The predicted molar refractivity (Wildman–Crippen MR) is 81.3 cm³/mol. The Morgan fingerprint density at radius 1 is 1.45 bits per heavy atom. The van der Waals surface area contributed by atoms with E-state index in [-0.39, 0.29) is 15.5 Å². The average Bonchev–Trinajstić information content (AvgIpc) is 2.37. The van der Waals surface area contributed by atoms with E-state index in [9.17, 15) is 12.8 Å². The van der Waals surface area contributed by atoms with E-state index in [1.54, 1.807) is 11.8 Å². The molecule has 0 unspecified atom stereocenters. The molecule has 1 heterocycles. The Kier molecular flexibility index (Phi) is 4.69. The number of alkyl halides is 1. The molecule has 0 bridgehead atoms. The van der Waals surface area contributed by atoms with E-state index in [1.807, 2.05) is 13.8 Å². The summed E-state index contributed by atoms with van der Waals surface area (Å²) in [5, 5.41) is 0. The quantitative estimate of drug-likeness (QED) is 0.795. The van der Waals surface area contributed by atoms with Gasteiger partial charge in [0.25, 0.3) is 0 Å². The summed E-state index contributed by atoms with van der Waals surface area (Å²) in [4.78, 5) is -0.0183. The molecule has 0 aromatic heterocycles. The molecule has 1 aromatic carbocycles. The van der Waals surface area contributed by atoms with Crippen molar-refractivity contribution in [2.75, 3.05) is 18.8 Å². The lowest BCUT2D eigenvalue weighted by atomic mass is 10.2. The van der Waals surface area contributed by atoms with Crippen LogP contribution in [0.25, 0.3) is 0 Å². The van der Waals surface area contributed by atoms with E-state index >= 15 is 0 Å². The molecule has 1 fully saturated rings. The zero-order chi connectivity index (χ0) is 15.0. The van der Waals surface area contributed by atoms with Gasteiger partial charge in [-0.1, -0.05) is 6.07 Å². The summed E-state index contributed by atoms with van der Waals surface area (Å²) < 4.78 is 40.1. The number of thioether (sulfide) groups is 1. The molecular formula is C13H17ClFNO2S2. The fourth-order valence-electron chi connectivity index (χ4n) is 2.20. The van der Waals surface area contributed by atoms with Gasteiger partial charge in [-0.3, -0.25) is 0 Å². The Labute approximate surface area is 128 Å². The zero-order valence-corrected chi connectivity index (χ0v) is 13.8. The first-order valence-corrected chi connectivity index (χ1v) is 9.21. The van der Waals surface area contributed by atoms with Crippen LogP contribution in [0, 0.1) is 5.82 Å². The molecule has 0 radical (unpaired) electrons. The van der Waals surface area contributed by atoms with Gasteiger partial charge in [-0.2, -0.15) is 16.1 Å². The highest BCUT2D eigenvalue weighted by Crippen LogP contribution is 2.33. The Balaban J connectivity index is 2.42. The minimum Gasteiger partial charge on any atom is -0.207 e. The summed E-state index contributed by atoms with van der Waals surface area (Å²) in [5.41, 5.74) is 0.434. The van der Waals surface area contributed by atoms with E-state index in [2.05, 4.69) is 0 Å². The molecule has 0 atom stereocenters. The molecule has 2 rings (SSSR count). The standard InChI is InChI=1S/C13H17ClFNO2S2/c1-13(2)9-16(5-6-19-13)20(17,18)12-7-11(15)4-3-10(12)8-14/h3-4,7H,5-6,8-9H2,1-2H3. The van der Waals surface area contributed by atoms with Gasteiger partial charge in [-0.25, -0.2) is 12.8 Å². The summed E-state index contributed by atoms with van der Waals surface area (Å²) >= 11 is 7.52. The molecule has 0 N–H and O–H groups in total. The second-order valence-electron chi connectivity index (χ2n) is 5.33. The first-order chi connectivity index (χ1) is 9.26. The normalized spacial score (nSPS) is 20.0. The topological polar surface area (TPSA) is 37.4 Å². The zero-order valence-electron chi connectivity index (χ0n) is 11.4. The third-order valence-corrected chi connectivity index (χ3v) is 6.69. The minimum atomic E-state index is -3.70. The van der Waals surface area contributed by atoms with Crippen LogP contribution in [0.4, 0.5) is 4.39 Å². The lowest BCUT2D eigenvalue weighted by molar-refractivity contribution is 0.387. The van der Waals surface area contributed by atoms with Crippen molar-refractivity contribution in [1.82, 2.24) is 4.31 Å². The Bertz CT molecular complexity index is 604. The molecule has 1 aromatic rings. The fraction of sp³-hybridized carbons (Fsp3) is 0.538. The molecule has 1 aliphatic rings. The molecule has 0 spiro atoms. The van der Waals surface area contributed by atoms with Crippen molar-refractivity contribution in [3.8, 4) is 0 Å². The highest BCUT2D eigenvalue weighted by atomic mass is 35.5. The van der Waals surface area contributed by atoms with Crippen molar-refractivity contribution >= 4 is 33.4 Å². The van der Waals surface area contributed by atoms with Crippen molar-refractivity contribution in [2.45, 2.75) is 29.4 Å². The van der Waals surface area contributed by atoms with Crippen LogP contribution in [-0.2, 0) is 15.9 Å². The van der Waals surface area contributed by atoms with Gasteiger partial charge >= 0.3 is 0 Å². The largest absolute Gasteiger partial charge is 0.243 e. The summed E-state index contributed by atoms with van der Waals surface area (Å²) in [6.07, 6.45) is 0. The van der Waals surface area contributed by atoms with Crippen LogP contribution in [0.1, 0.15) is 19.4 Å². The van der Waals surface area contributed by atoms with E-state index in [4.69, 9.17) is 11.6 Å². The molecule has 112 valence electrons. The second-order valence-corrected chi connectivity index (χ2v) is 9.31. The number of sulfonamides is 1. The smallest absolute Gasteiger partial charge is 0.207 e. The number of hydrogen-bond donors (Lipinski definition) is 0. The summed E-state index contributed by atoms with van der Waals surface area (Å²) in [5.74, 6) is 0.210. The van der Waals surface area contributed by atoms with Gasteiger partial charge in [0.05, 0.1) is 4.90 Å². The third-order valence-electron chi connectivity index (χ3n) is 3.18. The van der Waals surface area contributed by atoms with Gasteiger partial charge < -0.3 is 0 Å². The monoisotopic (exact) mass is 337 g/mol. The first-order valence-electron chi connectivity index (χ1n) is 6.25. The van der Waals surface area contributed by atoms with Gasteiger partial charge in [0.15, 0.2) is 0 Å². The SMILES string of the molecule is CC1(C)CN(S(=O)(=O)c2cc(F)ccc2CCl)CCS1. The maximum absolute atomic E-state index is 13.4. The van der Waals surface area contributed by atoms with Crippen LogP contribution in [0.5, 0.6) is 0 Å². The number of hydrogen-bond acceptors (Lipinski definition) is 3. The minimum absolute atomic E-state index is 0.0183. The van der Waals surface area contributed by atoms with Crippen LogP contribution in [0.2, 0.25) is 0 Å². The van der Waals surface area contributed by atoms with E-state index in [0.29, 0.717) is 18.7 Å². The van der Waals surface area contributed by atoms with Crippen LogP contribution in [0.3, 0.4) is 0 Å². The van der Waals surface area contributed by atoms with Crippen LogP contribution < -0.4 is 0 Å².